The van der Waals surface area contributed by atoms with Crippen LogP contribution in [0.25, 0.3) is 11.5 Å². The molecular formula is C11H10O4. The van der Waals surface area contributed by atoms with Crippen molar-refractivity contribution in [1.82, 2.24) is 0 Å². The van der Waals surface area contributed by atoms with Gasteiger partial charge in [0.05, 0.1) is 19.1 Å². The van der Waals surface area contributed by atoms with Crippen molar-refractivity contribution >= 4 is 5.97 Å². The minimum absolute atomic E-state index is 0.335. The van der Waals surface area contributed by atoms with Crippen molar-refractivity contribution in [3.8, 4) is 11.5 Å². The molecule has 0 aromatic carbocycles. The first-order valence-corrected chi connectivity index (χ1v) is 4.61. The quantitative estimate of drug-likeness (QED) is 0.724. The van der Waals surface area contributed by atoms with Gasteiger partial charge < -0.3 is 13.6 Å². The summed E-state index contributed by atoms with van der Waals surface area (Å²) in [5.74, 6) is 0.513. The predicted molar refractivity (Wildman–Crippen MR) is 52.4 cm³/mol. The third-order valence-electron chi connectivity index (χ3n) is 1.91. The molecule has 0 atom stereocenters. The first-order valence-electron chi connectivity index (χ1n) is 4.61. The zero-order valence-corrected chi connectivity index (χ0v) is 8.23. The monoisotopic (exact) mass is 206 g/mol. The summed E-state index contributed by atoms with van der Waals surface area (Å²) in [5.41, 5.74) is 0.381. The zero-order chi connectivity index (χ0) is 10.7. The number of hydrogen-bond acceptors (Lipinski definition) is 4. The van der Waals surface area contributed by atoms with Gasteiger partial charge in [-0.3, -0.25) is 0 Å². The summed E-state index contributed by atoms with van der Waals surface area (Å²) in [6, 6.07) is 5.02. The zero-order valence-electron chi connectivity index (χ0n) is 8.23. The summed E-state index contributed by atoms with van der Waals surface area (Å²) in [6.45, 7) is 2.09. The molecule has 2 heterocycles. The molecule has 0 aliphatic carbocycles. The lowest BCUT2D eigenvalue weighted by molar-refractivity contribution is 0.0526. The van der Waals surface area contributed by atoms with E-state index in [1.807, 2.05) is 0 Å². The fourth-order valence-electron chi connectivity index (χ4n) is 1.28. The SMILES string of the molecule is CCOC(=O)c1ccoc1-c1ccco1. The summed E-state index contributed by atoms with van der Waals surface area (Å²) in [4.78, 5) is 11.5. The van der Waals surface area contributed by atoms with E-state index in [0.29, 0.717) is 23.7 Å². The lowest BCUT2D eigenvalue weighted by Gasteiger charge is -1.99. The molecule has 0 bridgehead atoms. The van der Waals surface area contributed by atoms with Crippen LogP contribution in [0.1, 0.15) is 17.3 Å². The van der Waals surface area contributed by atoms with Gasteiger partial charge >= 0.3 is 5.97 Å². The Morgan fingerprint density at radius 3 is 2.87 bits per heavy atom. The second kappa shape index (κ2) is 4.04. The highest BCUT2D eigenvalue weighted by molar-refractivity contribution is 5.95. The number of esters is 1. The molecule has 4 heteroatoms. The number of rotatable bonds is 3. The normalized spacial score (nSPS) is 10.2. The molecule has 0 radical (unpaired) electrons. The van der Waals surface area contributed by atoms with E-state index in [-0.39, 0.29) is 0 Å². The minimum Gasteiger partial charge on any atom is -0.462 e. The number of hydrogen-bond donors (Lipinski definition) is 0. The Morgan fingerprint density at radius 2 is 2.20 bits per heavy atom. The predicted octanol–water partition coefficient (Wildman–Crippen LogP) is 2.72. The molecule has 2 rings (SSSR count). The van der Waals surface area contributed by atoms with Crippen LogP contribution in [0.15, 0.2) is 39.6 Å². The third-order valence-corrected chi connectivity index (χ3v) is 1.91. The molecule has 0 saturated heterocycles. The van der Waals surface area contributed by atoms with Crippen LogP contribution >= 0.6 is 0 Å². The van der Waals surface area contributed by atoms with E-state index in [4.69, 9.17) is 13.6 Å². The minimum atomic E-state index is -0.405. The topological polar surface area (TPSA) is 52.6 Å². The molecule has 0 spiro atoms. The maximum Gasteiger partial charge on any atom is 0.342 e. The third kappa shape index (κ3) is 1.79. The van der Waals surface area contributed by atoms with Crippen LogP contribution in [-0.4, -0.2) is 12.6 Å². The Hall–Kier alpha value is -1.97. The lowest BCUT2D eigenvalue weighted by atomic mass is 10.2. The van der Waals surface area contributed by atoms with Crippen molar-refractivity contribution in [2.75, 3.05) is 6.61 Å². The van der Waals surface area contributed by atoms with Gasteiger partial charge in [0.25, 0.3) is 0 Å². The van der Waals surface area contributed by atoms with E-state index in [2.05, 4.69) is 0 Å². The number of carbonyl (C=O) groups is 1. The van der Waals surface area contributed by atoms with Crippen LogP contribution in [0.2, 0.25) is 0 Å². The molecule has 0 N–H and O–H groups in total. The number of ether oxygens (including phenoxy) is 1. The van der Waals surface area contributed by atoms with Crippen LogP contribution in [-0.2, 0) is 4.74 Å². The maximum atomic E-state index is 11.5. The summed E-state index contributed by atoms with van der Waals surface area (Å²) < 4.78 is 15.2. The van der Waals surface area contributed by atoms with Crippen LogP contribution in [0.5, 0.6) is 0 Å². The van der Waals surface area contributed by atoms with Gasteiger partial charge in [-0.25, -0.2) is 4.79 Å². The largest absolute Gasteiger partial charge is 0.462 e. The van der Waals surface area contributed by atoms with Gasteiger partial charge in [0.15, 0.2) is 11.5 Å². The van der Waals surface area contributed by atoms with Gasteiger partial charge in [-0.05, 0) is 25.1 Å². The van der Waals surface area contributed by atoms with Gasteiger partial charge in [0.2, 0.25) is 0 Å². The van der Waals surface area contributed by atoms with Crippen LogP contribution < -0.4 is 0 Å². The Morgan fingerprint density at radius 1 is 1.33 bits per heavy atom. The van der Waals surface area contributed by atoms with Crippen molar-refractivity contribution in [2.24, 2.45) is 0 Å². The fraction of sp³-hybridized carbons (Fsp3) is 0.182. The molecule has 0 amide bonds. The molecule has 0 unspecified atom stereocenters. The Kier molecular flexibility index (Phi) is 2.58. The summed E-state index contributed by atoms with van der Waals surface area (Å²) in [6.07, 6.45) is 2.96. The van der Waals surface area contributed by atoms with Crippen molar-refractivity contribution in [3.05, 3.63) is 36.3 Å². The van der Waals surface area contributed by atoms with E-state index < -0.39 is 5.97 Å². The van der Waals surface area contributed by atoms with Crippen molar-refractivity contribution in [1.29, 1.82) is 0 Å². The second-order valence-electron chi connectivity index (χ2n) is 2.86. The fourth-order valence-corrected chi connectivity index (χ4v) is 1.28. The molecule has 4 nitrogen and oxygen atoms in total. The Bertz CT molecular complexity index is 439. The average molecular weight is 206 g/mol. The van der Waals surface area contributed by atoms with Crippen molar-refractivity contribution in [3.63, 3.8) is 0 Å². The van der Waals surface area contributed by atoms with Gasteiger partial charge in [0, 0.05) is 0 Å². The Labute approximate surface area is 86.4 Å². The smallest absolute Gasteiger partial charge is 0.342 e. The highest BCUT2D eigenvalue weighted by atomic mass is 16.5. The van der Waals surface area contributed by atoms with Gasteiger partial charge in [-0.1, -0.05) is 0 Å². The summed E-state index contributed by atoms with van der Waals surface area (Å²) in [7, 11) is 0. The summed E-state index contributed by atoms with van der Waals surface area (Å²) in [5, 5.41) is 0. The van der Waals surface area contributed by atoms with E-state index in [1.165, 1.54) is 12.5 Å². The lowest BCUT2D eigenvalue weighted by Crippen LogP contribution is -2.04. The first kappa shape index (κ1) is 9.58. The molecule has 0 saturated carbocycles. The highest BCUT2D eigenvalue weighted by Gasteiger charge is 2.18. The van der Waals surface area contributed by atoms with Crippen LogP contribution in [0, 0.1) is 0 Å². The molecule has 2 aromatic rings. The van der Waals surface area contributed by atoms with E-state index in [1.54, 1.807) is 25.1 Å². The molecule has 0 fully saturated rings. The number of furan rings is 2. The summed E-state index contributed by atoms with van der Waals surface area (Å²) >= 11 is 0. The maximum absolute atomic E-state index is 11.5. The standard InChI is InChI=1S/C11H10O4/c1-2-13-11(12)8-5-7-15-10(8)9-4-3-6-14-9/h3-7H,2H2,1H3. The van der Waals surface area contributed by atoms with Gasteiger partial charge in [-0.15, -0.1) is 0 Å². The number of carbonyl (C=O) groups excluding carboxylic acids is 1. The van der Waals surface area contributed by atoms with Crippen LogP contribution in [0.4, 0.5) is 0 Å². The molecule has 15 heavy (non-hydrogen) atoms. The van der Waals surface area contributed by atoms with E-state index >= 15 is 0 Å². The molecule has 2 aromatic heterocycles. The van der Waals surface area contributed by atoms with Crippen molar-refractivity contribution in [2.45, 2.75) is 6.92 Å². The highest BCUT2D eigenvalue weighted by Crippen LogP contribution is 2.25. The molecule has 78 valence electrons. The van der Waals surface area contributed by atoms with Gasteiger partial charge in [-0.2, -0.15) is 0 Å². The average Bonchev–Trinajstić information content (AvgIpc) is 2.88. The van der Waals surface area contributed by atoms with E-state index in [9.17, 15) is 4.79 Å². The Balaban J connectivity index is 2.34. The molecular weight excluding hydrogens is 196 g/mol. The second-order valence-corrected chi connectivity index (χ2v) is 2.86. The van der Waals surface area contributed by atoms with Gasteiger partial charge in [0.1, 0.15) is 5.56 Å². The first-order chi connectivity index (χ1) is 7.33. The van der Waals surface area contributed by atoms with Crippen molar-refractivity contribution < 1.29 is 18.4 Å². The molecule has 0 aliphatic heterocycles. The van der Waals surface area contributed by atoms with E-state index in [0.717, 1.165) is 0 Å². The van der Waals surface area contributed by atoms with Crippen LogP contribution in [0.3, 0.4) is 0 Å². The molecule has 0 aliphatic rings.